The molecule has 3 aromatic rings. The number of carbonyl (C=O) groups is 2. The smallest absolute Gasteiger partial charge is 0.285 e. The largest absolute Gasteiger partial charge is 0.491 e. The molecule has 1 saturated carbocycles. The number of rotatable bonds is 3. The quantitative estimate of drug-likeness (QED) is 0.190. The van der Waals surface area contributed by atoms with E-state index in [9.17, 15) is 18.9 Å². The molecule has 3 aliphatic rings. The van der Waals surface area contributed by atoms with Crippen LogP contribution in [-0.2, 0) is 29.7 Å². The number of carbonyl (C=O) groups excluding carboxylic acids is 2. The zero-order valence-electron chi connectivity index (χ0n) is 28.7. The predicted molar refractivity (Wildman–Crippen MR) is 195 cm³/mol. The highest BCUT2D eigenvalue weighted by Gasteiger charge is 2.37. The van der Waals surface area contributed by atoms with Gasteiger partial charge in [-0.2, -0.15) is 4.36 Å². The number of aliphatic hydroxyl groups excluding tert-OH is 1. The molecule has 1 fully saturated rings. The van der Waals surface area contributed by atoms with Gasteiger partial charge in [0, 0.05) is 42.7 Å². The molecule has 50 heavy (non-hydrogen) atoms. The number of hydrogen-bond acceptors (Lipinski definition) is 8. The van der Waals surface area contributed by atoms with E-state index in [2.05, 4.69) is 25.4 Å². The maximum atomic E-state index is 14.4. The number of nitrogens with zero attached hydrogens (tertiary/aromatic N) is 5. The second-order valence-electron chi connectivity index (χ2n) is 13.6. The Hall–Kier alpha value is -4.00. The summed E-state index contributed by atoms with van der Waals surface area (Å²) in [6.07, 6.45) is 9.59. The first-order valence-electron chi connectivity index (χ1n) is 17.1. The third kappa shape index (κ3) is 8.30. The van der Waals surface area contributed by atoms with Crippen LogP contribution < -0.4 is 14.4 Å². The van der Waals surface area contributed by atoms with E-state index in [-0.39, 0.29) is 40.5 Å². The van der Waals surface area contributed by atoms with Crippen LogP contribution in [0.4, 0.5) is 5.69 Å². The van der Waals surface area contributed by atoms with Crippen LogP contribution in [0.15, 0.2) is 64.1 Å². The third-order valence-corrected chi connectivity index (χ3v) is 11.9. The van der Waals surface area contributed by atoms with E-state index >= 15 is 0 Å². The minimum Gasteiger partial charge on any atom is -0.491 e. The van der Waals surface area contributed by atoms with Crippen molar-refractivity contribution in [3.8, 4) is 11.6 Å². The van der Waals surface area contributed by atoms with Gasteiger partial charge in [0.2, 0.25) is 5.88 Å². The van der Waals surface area contributed by atoms with E-state index in [1.54, 1.807) is 25.2 Å². The third-order valence-electron chi connectivity index (χ3n) is 9.73. The van der Waals surface area contributed by atoms with E-state index in [4.69, 9.17) is 21.1 Å². The molecule has 2 bridgehead atoms. The number of hydrogen-bond donors (Lipinski definition) is 1. The molecule has 13 heteroatoms. The van der Waals surface area contributed by atoms with Gasteiger partial charge in [-0.05, 0) is 97.7 Å². The van der Waals surface area contributed by atoms with Crippen LogP contribution in [0.1, 0.15) is 70.9 Å². The second-order valence-corrected chi connectivity index (χ2v) is 16.1. The van der Waals surface area contributed by atoms with E-state index in [1.807, 2.05) is 31.2 Å². The summed E-state index contributed by atoms with van der Waals surface area (Å²) in [5, 5.41) is 16.0. The lowest BCUT2D eigenvalue weighted by Gasteiger charge is -2.42. The van der Waals surface area contributed by atoms with Crippen molar-refractivity contribution in [3.63, 3.8) is 0 Å². The van der Waals surface area contributed by atoms with Crippen molar-refractivity contribution in [3.05, 3.63) is 82.0 Å². The number of aromatic nitrogens is 2. The van der Waals surface area contributed by atoms with Gasteiger partial charge in [-0.1, -0.05) is 36.7 Å². The molecule has 2 aliphatic heterocycles. The van der Waals surface area contributed by atoms with E-state index in [0.29, 0.717) is 36.9 Å². The number of halogens is 1. The molecule has 6 rings (SSSR count). The maximum Gasteiger partial charge on any atom is 0.285 e. The van der Waals surface area contributed by atoms with Crippen molar-refractivity contribution in [1.82, 2.24) is 9.78 Å². The lowest BCUT2D eigenvalue weighted by atomic mass is 9.70. The first-order valence-corrected chi connectivity index (χ1v) is 19.2. The maximum absolute atomic E-state index is 14.4. The van der Waals surface area contributed by atoms with Crippen LogP contribution in [0.5, 0.6) is 11.6 Å². The van der Waals surface area contributed by atoms with E-state index in [1.165, 1.54) is 23.6 Å². The number of fused-ring (bicyclic) bond motifs is 3. The van der Waals surface area contributed by atoms with Gasteiger partial charge < -0.3 is 19.5 Å². The Morgan fingerprint density at radius 1 is 1.18 bits per heavy atom. The molecule has 1 N–H and O–H groups in total. The highest BCUT2D eigenvalue weighted by Crippen LogP contribution is 2.41. The lowest BCUT2D eigenvalue weighted by Crippen LogP contribution is -2.43. The highest BCUT2D eigenvalue weighted by molar-refractivity contribution is 8.06. The normalized spacial score (nSPS) is 26.7. The number of aliphatic hydroxyl groups is 1. The number of amides is 2. The van der Waals surface area contributed by atoms with Gasteiger partial charge in [0.15, 0.2) is 0 Å². The molecule has 1 aliphatic carbocycles. The molecule has 11 nitrogen and oxygen atoms in total. The van der Waals surface area contributed by atoms with Crippen LogP contribution in [0.2, 0.25) is 5.02 Å². The summed E-state index contributed by atoms with van der Waals surface area (Å²) in [7, 11) is -0.432. The molecule has 0 spiro atoms. The standard InChI is InChI=1S/C37H44ClN5O6S/c1-24-7-6-9-33(44)30-14-11-28(30)20-43-19-27-10-13-29(38)17-25(27)8-4-5-16-49-34-15-12-26(18-32(34)43)35(45)41-50(47,22-24)23-39-36(46)31-21-42(2)40-37(31)48-3/h6,9-10,12-13,15,17-18,21,23-24,28,30,33,44H,4-5,7-8,11,14,16,19-20,22H2,1-3H3/b9-6+,39-23?/t24-,28-,30+,33-,50?/m0/s1. The number of aryl methyl sites for hydroxylation is 2. The number of benzene rings is 2. The summed E-state index contributed by atoms with van der Waals surface area (Å²) in [4.78, 5) is 33.2. The fraction of sp³-hybridized carbons (Fsp3) is 0.459. The number of ether oxygens (including phenoxy) is 2. The van der Waals surface area contributed by atoms with Gasteiger partial charge in [-0.15, -0.1) is 5.10 Å². The summed E-state index contributed by atoms with van der Waals surface area (Å²) in [6, 6.07) is 11.2. The van der Waals surface area contributed by atoms with Gasteiger partial charge in [0.1, 0.15) is 16.9 Å². The average Bonchev–Trinajstić information content (AvgIpc) is 3.44. The van der Waals surface area contributed by atoms with E-state index in [0.717, 1.165) is 48.9 Å². The molecule has 1 unspecified atom stereocenters. The molecular weight excluding hydrogens is 678 g/mol. The van der Waals surface area contributed by atoms with Crippen LogP contribution in [0.25, 0.3) is 0 Å². The van der Waals surface area contributed by atoms with Crippen molar-refractivity contribution in [2.75, 3.05) is 30.9 Å². The molecule has 5 atom stereocenters. The minimum atomic E-state index is -3.47. The Balaban J connectivity index is 1.44. The van der Waals surface area contributed by atoms with Crippen molar-refractivity contribution in [1.29, 1.82) is 0 Å². The SMILES string of the molecule is COc1nn(C)cc1C(=O)N=CS1(=O)=NC(=O)c2ccc3c(c2)N(Cc2ccc(Cl)cc2CCCCO3)C[C@@H]2CC[C@H]2[C@@H](O)/C=C/C[C@H](C)C1. The van der Waals surface area contributed by atoms with Crippen LogP contribution in [0.3, 0.4) is 0 Å². The molecular formula is C37H44ClN5O6S. The lowest BCUT2D eigenvalue weighted by molar-refractivity contribution is 0.0459. The Morgan fingerprint density at radius 3 is 2.80 bits per heavy atom. The molecule has 1 aromatic heterocycles. The van der Waals surface area contributed by atoms with Gasteiger partial charge in [0.25, 0.3) is 11.8 Å². The van der Waals surface area contributed by atoms with E-state index < -0.39 is 27.6 Å². The fourth-order valence-electron chi connectivity index (χ4n) is 6.94. The number of anilines is 1. The van der Waals surface area contributed by atoms with Crippen molar-refractivity contribution in [2.24, 2.45) is 34.2 Å². The summed E-state index contributed by atoms with van der Waals surface area (Å²) in [6.45, 7) is 3.59. The molecule has 2 amide bonds. The fourth-order valence-corrected chi connectivity index (χ4v) is 8.94. The summed E-state index contributed by atoms with van der Waals surface area (Å²) in [5.74, 6) is -0.583. The van der Waals surface area contributed by atoms with Crippen LogP contribution in [0, 0.1) is 17.8 Å². The number of aliphatic imine (C=N–C) groups is 1. The zero-order valence-corrected chi connectivity index (χ0v) is 30.2. The average molecular weight is 722 g/mol. The molecule has 2 aromatic carbocycles. The topological polar surface area (TPSA) is 136 Å². The number of methoxy groups -OCH3 is 1. The molecule has 266 valence electrons. The van der Waals surface area contributed by atoms with Crippen LogP contribution >= 0.6 is 11.6 Å². The number of allylic oxidation sites excluding steroid dienone is 1. The first kappa shape index (κ1) is 35.8. The Morgan fingerprint density at radius 2 is 2.02 bits per heavy atom. The summed E-state index contributed by atoms with van der Waals surface area (Å²) < 4.78 is 31.6. The van der Waals surface area contributed by atoms with Gasteiger partial charge in [0.05, 0.1) is 35.2 Å². The van der Waals surface area contributed by atoms with Gasteiger partial charge in [-0.25, -0.2) is 9.20 Å². The Kier molecular flexibility index (Phi) is 11.1. The Bertz CT molecular complexity index is 1930. The van der Waals surface area contributed by atoms with Crippen molar-refractivity contribution >= 4 is 44.4 Å². The second kappa shape index (κ2) is 15.5. The highest BCUT2D eigenvalue weighted by atomic mass is 35.5. The Labute approximate surface area is 298 Å². The van der Waals surface area contributed by atoms with Crippen molar-refractivity contribution in [2.45, 2.75) is 58.1 Å². The van der Waals surface area contributed by atoms with Crippen LogP contribution in [-0.4, -0.2) is 68.6 Å². The molecule has 0 saturated heterocycles. The summed E-state index contributed by atoms with van der Waals surface area (Å²) >= 11 is 6.43. The summed E-state index contributed by atoms with van der Waals surface area (Å²) in [5.41, 5.74) is 4.38. The van der Waals surface area contributed by atoms with Crippen molar-refractivity contribution < 1.29 is 28.4 Å². The predicted octanol–water partition coefficient (Wildman–Crippen LogP) is 6.26. The minimum absolute atomic E-state index is 0.0221. The first-order chi connectivity index (χ1) is 24.0. The monoisotopic (exact) mass is 721 g/mol. The zero-order chi connectivity index (χ0) is 35.4. The van der Waals surface area contributed by atoms with Gasteiger partial charge in [-0.3, -0.25) is 14.3 Å². The molecule has 0 radical (unpaired) electrons. The van der Waals surface area contributed by atoms with Gasteiger partial charge >= 0.3 is 0 Å². The molecule has 3 heterocycles.